The van der Waals surface area contributed by atoms with Gasteiger partial charge in [-0.15, -0.1) is 0 Å². The summed E-state index contributed by atoms with van der Waals surface area (Å²) >= 11 is 0. The number of ether oxygens (including phenoxy) is 1. The van der Waals surface area contributed by atoms with Crippen LogP contribution in [0.2, 0.25) is 0 Å². The maximum atomic E-state index is 11.9. The van der Waals surface area contributed by atoms with Crippen LogP contribution < -0.4 is 0 Å². The molecule has 2 atom stereocenters. The molecule has 2 unspecified atom stereocenters. The molecule has 1 rings (SSSR count). The van der Waals surface area contributed by atoms with Gasteiger partial charge in [-0.2, -0.15) is 0 Å². The smallest absolute Gasteiger partial charge is 0.349 e. The van der Waals surface area contributed by atoms with Crippen molar-refractivity contribution in [3.63, 3.8) is 0 Å². The minimum Gasteiger partial charge on any atom is -0.481 e. The summed E-state index contributed by atoms with van der Waals surface area (Å²) < 4.78 is 5.21. The maximum absolute atomic E-state index is 11.9. The number of carbonyl (C=O) groups excluding carboxylic acids is 1. The van der Waals surface area contributed by atoms with E-state index < -0.39 is 28.9 Å². The van der Waals surface area contributed by atoms with Crippen molar-refractivity contribution in [2.75, 3.05) is 0 Å². The van der Waals surface area contributed by atoms with Crippen LogP contribution in [-0.2, 0) is 19.1 Å². The molecule has 21 heavy (non-hydrogen) atoms. The van der Waals surface area contributed by atoms with Gasteiger partial charge in [-0.25, -0.2) is 9.59 Å². The van der Waals surface area contributed by atoms with Crippen molar-refractivity contribution in [2.45, 2.75) is 58.0 Å². The van der Waals surface area contributed by atoms with E-state index in [4.69, 9.17) is 4.74 Å². The van der Waals surface area contributed by atoms with Crippen LogP contribution in [0.3, 0.4) is 0 Å². The fourth-order valence-electron chi connectivity index (χ4n) is 3.13. The molecule has 0 aliphatic heterocycles. The summed E-state index contributed by atoms with van der Waals surface area (Å²) in [6, 6.07) is 0. The number of rotatable bonds is 6. The Hall–Kier alpha value is -1.85. The third-order valence-electron chi connectivity index (χ3n) is 4.20. The fourth-order valence-corrected chi connectivity index (χ4v) is 3.13. The second kappa shape index (κ2) is 6.28. The van der Waals surface area contributed by atoms with E-state index >= 15 is 0 Å². The topological polar surface area (TPSA) is 101 Å². The van der Waals surface area contributed by atoms with Gasteiger partial charge in [0.05, 0.1) is 0 Å². The van der Waals surface area contributed by atoms with E-state index in [0.717, 1.165) is 0 Å². The highest BCUT2D eigenvalue weighted by Gasteiger charge is 2.64. The number of aliphatic carboxylic acids is 2. The Kier molecular flexibility index (Phi) is 5.15. The number of hydrogen-bond acceptors (Lipinski definition) is 4. The van der Waals surface area contributed by atoms with Crippen LogP contribution in [0.5, 0.6) is 0 Å². The highest BCUT2D eigenvalue weighted by atomic mass is 16.6. The second-order valence-electron chi connectivity index (χ2n) is 5.65. The highest BCUT2D eigenvalue weighted by Crippen LogP contribution is 2.50. The minimum atomic E-state index is -2.02. The molecule has 1 fully saturated rings. The van der Waals surface area contributed by atoms with Gasteiger partial charge in [-0.1, -0.05) is 26.3 Å². The molecule has 2 N–H and O–H groups in total. The molecule has 0 heterocycles. The van der Waals surface area contributed by atoms with Gasteiger partial charge >= 0.3 is 17.9 Å². The van der Waals surface area contributed by atoms with Gasteiger partial charge in [0.2, 0.25) is 5.60 Å². The maximum Gasteiger partial charge on any atom is 0.349 e. The molecular formula is C15H22O6. The minimum absolute atomic E-state index is 0.00759. The number of carbonyl (C=O) groups is 3. The Morgan fingerprint density at radius 2 is 1.71 bits per heavy atom. The third-order valence-corrected chi connectivity index (χ3v) is 4.20. The van der Waals surface area contributed by atoms with Crippen molar-refractivity contribution in [3.05, 3.63) is 12.2 Å². The third kappa shape index (κ3) is 2.80. The first-order valence-corrected chi connectivity index (χ1v) is 7.09. The number of carboxylic acid groups (broad SMARTS) is 2. The van der Waals surface area contributed by atoms with E-state index in [-0.39, 0.29) is 24.8 Å². The zero-order chi connectivity index (χ0) is 16.3. The van der Waals surface area contributed by atoms with Crippen LogP contribution >= 0.6 is 0 Å². The van der Waals surface area contributed by atoms with Gasteiger partial charge in [0.15, 0.2) is 0 Å². The number of esters is 1. The zero-order valence-corrected chi connectivity index (χ0v) is 12.5. The van der Waals surface area contributed by atoms with Gasteiger partial charge in [0, 0.05) is 5.57 Å². The molecule has 1 saturated carbocycles. The van der Waals surface area contributed by atoms with Crippen molar-refractivity contribution < 1.29 is 29.3 Å². The van der Waals surface area contributed by atoms with Crippen molar-refractivity contribution >= 4 is 17.9 Å². The molecule has 6 nitrogen and oxygen atoms in total. The van der Waals surface area contributed by atoms with Crippen molar-refractivity contribution in [2.24, 2.45) is 5.41 Å². The van der Waals surface area contributed by atoms with Crippen LogP contribution in [0.1, 0.15) is 52.4 Å². The predicted octanol–water partition coefficient (Wildman–Crippen LogP) is 2.37. The van der Waals surface area contributed by atoms with Crippen LogP contribution in [-0.4, -0.2) is 33.7 Å². The lowest BCUT2D eigenvalue weighted by molar-refractivity contribution is -0.210. The quantitative estimate of drug-likeness (QED) is 0.576. The van der Waals surface area contributed by atoms with Gasteiger partial charge in [-0.3, -0.25) is 4.79 Å². The molecule has 6 heteroatoms. The number of carboxylic acids is 2. The molecule has 0 amide bonds. The normalized spacial score (nSPS) is 28.7. The monoisotopic (exact) mass is 298 g/mol. The van der Waals surface area contributed by atoms with Crippen molar-refractivity contribution in [1.82, 2.24) is 0 Å². The molecule has 0 bridgehead atoms. The van der Waals surface area contributed by atoms with Gasteiger partial charge in [-0.05, 0) is 32.6 Å². The van der Waals surface area contributed by atoms with E-state index in [1.54, 1.807) is 6.92 Å². The molecule has 118 valence electrons. The Morgan fingerprint density at radius 3 is 2.14 bits per heavy atom. The Balaban J connectivity index is 3.40. The van der Waals surface area contributed by atoms with Crippen molar-refractivity contribution in [3.8, 4) is 0 Å². The summed E-state index contributed by atoms with van der Waals surface area (Å²) in [6.07, 6.45) is 1.95. The zero-order valence-electron chi connectivity index (χ0n) is 12.5. The standard InChI is InChI=1S/C15H22O6/c1-4-7-14(12(17)18)8-5-6-9-15(14,13(19)20)21-11(16)10(2)3/h2,4-9H2,1,3H3,(H,17,18)(H,19,20). The molecule has 0 aromatic carbocycles. The average molecular weight is 298 g/mol. The lowest BCUT2D eigenvalue weighted by atomic mass is 9.60. The first-order valence-electron chi connectivity index (χ1n) is 7.09. The lowest BCUT2D eigenvalue weighted by Gasteiger charge is -2.47. The Labute approximate surface area is 123 Å². The van der Waals surface area contributed by atoms with Crippen LogP contribution in [0.4, 0.5) is 0 Å². The van der Waals surface area contributed by atoms with Crippen molar-refractivity contribution in [1.29, 1.82) is 0 Å². The first-order chi connectivity index (χ1) is 9.73. The SMILES string of the molecule is C=C(C)C(=O)OC1(C(=O)O)CCCCC1(CCC)C(=O)O. The predicted molar refractivity (Wildman–Crippen MR) is 74.7 cm³/mol. The molecule has 0 radical (unpaired) electrons. The molecule has 0 spiro atoms. The fraction of sp³-hybridized carbons (Fsp3) is 0.667. The summed E-state index contributed by atoms with van der Waals surface area (Å²) in [5.74, 6) is -3.48. The second-order valence-corrected chi connectivity index (χ2v) is 5.65. The van der Waals surface area contributed by atoms with E-state index in [1.165, 1.54) is 6.92 Å². The molecule has 1 aliphatic rings. The van der Waals surface area contributed by atoms with E-state index in [9.17, 15) is 24.6 Å². The van der Waals surface area contributed by atoms with E-state index in [2.05, 4.69) is 6.58 Å². The number of hydrogen-bond donors (Lipinski definition) is 2. The summed E-state index contributed by atoms with van der Waals surface area (Å²) in [7, 11) is 0. The molecular weight excluding hydrogens is 276 g/mol. The summed E-state index contributed by atoms with van der Waals surface area (Å²) in [4.78, 5) is 35.6. The largest absolute Gasteiger partial charge is 0.481 e. The van der Waals surface area contributed by atoms with Crippen LogP contribution in [0.25, 0.3) is 0 Å². The van der Waals surface area contributed by atoms with Gasteiger partial charge in [0.1, 0.15) is 5.41 Å². The summed E-state index contributed by atoms with van der Waals surface area (Å²) in [5.41, 5.74) is -3.56. The Morgan fingerprint density at radius 1 is 1.14 bits per heavy atom. The van der Waals surface area contributed by atoms with Crippen LogP contribution in [0, 0.1) is 5.41 Å². The molecule has 1 aliphatic carbocycles. The average Bonchev–Trinajstić information content (AvgIpc) is 2.40. The highest BCUT2D eigenvalue weighted by molar-refractivity contribution is 5.94. The van der Waals surface area contributed by atoms with E-state index in [1.807, 2.05) is 0 Å². The van der Waals surface area contributed by atoms with Crippen LogP contribution in [0.15, 0.2) is 12.2 Å². The Bertz CT molecular complexity index is 465. The summed E-state index contributed by atoms with van der Waals surface area (Å²) in [6.45, 7) is 6.62. The molecule has 0 aromatic rings. The lowest BCUT2D eigenvalue weighted by Crippen LogP contribution is -2.62. The van der Waals surface area contributed by atoms with Gasteiger partial charge < -0.3 is 14.9 Å². The van der Waals surface area contributed by atoms with Gasteiger partial charge in [0.25, 0.3) is 0 Å². The first kappa shape index (κ1) is 17.2. The molecule has 0 saturated heterocycles. The van der Waals surface area contributed by atoms with E-state index in [0.29, 0.717) is 19.3 Å². The molecule has 0 aromatic heterocycles. The summed E-state index contributed by atoms with van der Waals surface area (Å²) in [5, 5.41) is 19.3.